The van der Waals surface area contributed by atoms with E-state index < -0.39 is 0 Å². The van der Waals surface area contributed by atoms with Crippen LogP contribution in [0.1, 0.15) is 0 Å². The van der Waals surface area contributed by atoms with Crippen LogP contribution in [0.3, 0.4) is 0 Å². The van der Waals surface area contributed by atoms with Crippen LogP contribution in [-0.4, -0.2) is 38.0 Å². The second-order valence-corrected chi connectivity index (χ2v) is 1.74. The maximum absolute atomic E-state index is 7.02. The van der Waals surface area contributed by atoms with Crippen LogP contribution < -0.4 is 11.1 Å². The minimum absolute atomic E-state index is 0.0325. The minimum atomic E-state index is -0.0325. The summed E-state index contributed by atoms with van der Waals surface area (Å²) in [7, 11) is 5.02. The summed E-state index contributed by atoms with van der Waals surface area (Å²) in [6.45, 7) is 0. The van der Waals surface area contributed by atoms with E-state index in [1.165, 1.54) is 4.90 Å². The average molecular weight is 143 g/mol. The van der Waals surface area contributed by atoms with Gasteiger partial charge in [-0.1, -0.05) is 0 Å². The van der Waals surface area contributed by atoms with Crippen LogP contribution in [0.15, 0.2) is 4.99 Å². The van der Waals surface area contributed by atoms with Crippen molar-refractivity contribution in [3.8, 4) is 0 Å². The molecule has 4 N–H and O–H groups in total. The molecule has 0 aliphatic rings. The Morgan fingerprint density at radius 3 is 2.30 bits per heavy atom. The van der Waals surface area contributed by atoms with E-state index in [0.717, 1.165) is 0 Å². The molecule has 0 fully saturated rings. The van der Waals surface area contributed by atoms with Gasteiger partial charge in [-0.15, -0.1) is 0 Å². The minimum Gasteiger partial charge on any atom is -0.370 e. The second kappa shape index (κ2) is 3.71. The summed E-state index contributed by atoms with van der Waals surface area (Å²) < 4.78 is 0. The SMILES string of the molecule is CN=C(NC)N(C)C(=N)N. The van der Waals surface area contributed by atoms with E-state index in [1.54, 1.807) is 21.1 Å². The summed E-state index contributed by atoms with van der Waals surface area (Å²) in [4.78, 5) is 5.28. The van der Waals surface area contributed by atoms with Crippen molar-refractivity contribution in [3.05, 3.63) is 0 Å². The van der Waals surface area contributed by atoms with Crippen LogP contribution >= 0.6 is 0 Å². The summed E-state index contributed by atoms with van der Waals surface area (Å²) in [5, 5.41) is 9.81. The standard InChI is InChI=1S/C5H13N5/c1-8-5(9-2)10(3)4(6)7/h1-3H3,(H3,6,7)(H,8,9). The van der Waals surface area contributed by atoms with Crippen molar-refractivity contribution in [2.24, 2.45) is 10.7 Å². The highest BCUT2D eigenvalue weighted by atomic mass is 15.3. The van der Waals surface area contributed by atoms with Gasteiger partial charge in [0.15, 0.2) is 11.9 Å². The molecular weight excluding hydrogens is 130 g/mol. The molecule has 0 unspecified atom stereocenters. The number of hydrogen-bond donors (Lipinski definition) is 3. The summed E-state index contributed by atoms with van der Waals surface area (Å²) in [5.74, 6) is 0.544. The number of aliphatic imine (C=N–C) groups is 1. The average Bonchev–Trinajstić information content (AvgIpc) is 1.90. The molecule has 0 saturated carbocycles. The molecule has 0 heterocycles. The Labute approximate surface area is 60.4 Å². The number of nitrogens with one attached hydrogen (secondary N) is 2. The third kappa shape index (κ3) is 1.93. The molecule has 0 aromatic heterocycles. The van der Waals surface area contributed by atoms with Crippen molar-refractivity contribution in [3.63, 3.8) is 0 Å². The summed E-state index contributed by atoms with van der Waals surface area (Å²) in [5.41, 5.74) is 5.18. The highest BCUT2D eigenvalue weighted by Gasteiger charge is 2.03. The smallest absolute Gasteiger partial charge is 0.200 e. The van der Waals surface area contributed by atoms with Crippen molar-refractivity contribution in [1.82, 2.24) is 10.2 Å². The molecule has 0 saturated heterocycles. The van der Waals surface area contributed by atoms with E-state index in [9.17, 15) is 0 Å². The number of nitrogens with zero attached hydrogens (tertiary/aromatic N) is 2. The van der Waals surface area contributed by atoms with Crippen LogP contribution in [-0.2, 0) is 0 Å². The molecule has 0 atom stereocenters. The van der Waals surface area contributed by atoms with Gasteiger partial charge in [0.25, 0.3) is 0 Å². The van der Waals surface area contributed by atoms with E-state index in [2.05, 4.69) is 10.3 Å². The van der Waals surface area contributed by atoms with E-state index >= 15 is 0 Å². The Kier molecular flexibility index (Phi) is 3.24. The molecule has 0 aliphatic heterocycles. The lowest BCUT2D eigenvalue weighted by atomic mass is 10.7. The maximum Gasteiger partial charge on any atom is 0.200 e. The zero-order valence-corrected chi connectivity index (χ0v) is 6.47. The van der Waals surface area contributed by atoms with Crippen molar-refractivity contribution in [2.45, 2.75) is 0 Å². The maximum atomic E-state index is 7.02. The fourth-order valence-corrected chi connectivity index (χ4v) is 0.544. The Morgan fingerprint density at radius 1 is 1.70 bits per heavy atom. The van der Waals surface area contributed by atoms with Gasteiger partial charge in [-0.25, -0.2) is 0 Å². The van der Waals surface area contributed by atoms with Crippen molar-refractivity contribution < 1.29 is 0 Å². The van der Waals surface area contributed by atoms with Crippen molar-refractivity contribution in [1.29, 1.82) is 5.41 Å². The van der Waals surface area contributed by atoms with Crippen LogP contribution in [0.25, 0.3) is 0 Å². The third-order valence-electron chi connectivity index (χ3n) is 1.11. The fraction of sp³-hybridized carbons (Fsp3) is 0.600. The summed E-state index contributed by atoms with van der Waals surface area (Å²) in [6.07, 6.45) is 0. The molecular formula is C5H13N5. The van der Waals surface area contributed by atoms with E-state index in [0.29, 0.717) is 5.96 Å². The molecule has 0 aromatic carbocycles. The molecule has 0 amide bonds. The van der Waals surface area contributed by atoms with Crippen LogP contribution in [0, 0.1) is 5.41 Å². The van der Waals surface area contributed by atoms with Gasteiger partial charge >= 0.3 is 0 Å². The van der Waals surface area contributed by atoms with Crippen LogP contribution in [0.2, 0.25) is 0 Å². The van der Waals surface area contributed by atoms with Gasteiger partial charge in [-0.3, -0.25) is 15.3 Å². The first-order valence-electron chi connectivity index (χ1n) is 2.85. The van der Waals surface area contributed by atoms with Gasteiger partial charge in [0.1, 0.15) is 0 Å². The molecule has 0 spiro atoms. The molecule has 0 radical (unpaired) electrons. The van der Waals surface area contributed by atoms with Gasteiger partial charge in [0.05, 0.1) is 0 Å². The molecule has 0 bridgehead atoms. The van der Waals surface area contributed by atoms with Crippen molar-refractivity contribution >= 4 is 11.9 Å². The molecule has 0 aromatic rings. The van der Waals surface area contributed by atoms with Gasteiger partial charge in [-0.2, -0.15) is 0 Å². The zero-order chi connectivity index (χ0) is 8.15. The van der Waals surface area contributed by atoms with Crippen molar-refractivity contribution in [2.75, 3.05) is 21.1 Å². The first-order valence-corrected chi connectivity index (χ1v) is 2.85. The number of nitrogens with two attached hydrogens (primary N) is 1. The van der Waals surface area contributed by atoms with E-state index in [4.69, 9.17) is 11.1 Å². The number of guanidine groups is 2. The van der Waals surface area contributed by atoms with Crippen LogP contribution in [0.5, 0.6) is 0 Å². The Bertz CT molecular complexity index is 150. The number of rotatable bonds is 0. The quantitative estimate of drug-likeness (QED) is 0.301. The largest absolute Gasteiger partial charge is 0.370 e. The lowest BCUT2D eigenvalue weighted by Crippen LogP contribution is -2.44. The van der Waals surface area contributed by atoms with E-state index in [-0.39, 0.29) is 5.96 Å². The monoisotopic (exact) mass is 143 g/mol. The third-order valence-corrected chi connectivity index (χ3v) is 1.11. The zero-order valence-electron chi connectivity index (χ0n) is 6.47. The second-order valence-electron chi connectivity index (χ2n) is 1.74. The molecule has 10 heavy (non-hydrogen) atoms. The lowest BCUT2D eigenvalue weighted by Gasteiger charge is -2.17. The normalized spacial score (nSPS) is 10.9. The molecule has 58 valence electrons. The Hall–Kier alpha value is -1.26. The molecule has 0 aliphatic carbocycles. The van der Waals surface area contributed by atoms with Gasteiger partial charge in [0, 0.05) is 21.1 Å². The highest BCUT2D eigenvalue weighted by molar-refractivity contribution is 5.95. The molecule has 0 rings (SSSR count). The van der Waals surface area contributed by atoms with Gasteiger partial charge in [-0.05, 0) is 0 Å². The summed E-state index contributed by atoms with van der Waals surface area (Å²) in [6, 6.07) is 0. The van der Waals surface area contributed by atoms with Crippen LogP contribution in [0.4, 0.5) is 0 Å². The number of hydrogen-bond acceptors (Lipinski definition) is 2. The predicted octanol–water partition coefficient (Wildman–Crippen LogP) is -0.983. The Morgan fingerprint density at radius 2 is 2.20 bits per heavy atom. The topological polar surface area (TPSA) is 77.5 Å². The van der Waals surface area contributed by atoms with E-state index in [1.807, 2.05) is 0 Å². The highest BCUT2D eigenvalue weighted by Crippen LogP contribution is 1.79. The predicted molar refractivity (Wildman–Crippen MR) is 42.1 cm³/mol. The van der Waals surface area contributed by atoms with Gasteiger partial charge < -0.3 is 11.1 Å². The molecule has 5 heteroatoms. The first-order chi connectivity index (χ1) is 4.63. The lowest BCUT2D eigenvalue weighted by molar-refractivity contribution is 0.697. The fourth-order valence-electron chi connectivity index (χ4n) is 0.544. The molecule has 5 nitrogen and oxygen atoms in total. The summed E-state index contributed by atoms with van der Waals surface area (Å²) >= 11 is 0. The van der Waals surface area contributed by atoms with Gasteiger partial charge in [0.2, 0.25) is 0 Å². The Balaban J connectivity index is 4.17. The first kappa shape index (κ1) is 8.74.